The van der Waals surface area contributed by atoms with E-state index in [0.717, 1.165) is 11.1 Å². The normalized spacial score (nSPS) is 29.3. The third-order valence-electron chi connectivity index (χ3n) is 7.94. The van der Waals surface area contributed by atoms with E-state index in [9.17, 15) is 27.9 Å². The van der Waals surface area contributed by atoms with Crippen LogP contribution in [0, 0.1) is 11.8 Å². The average Bonchev–Trinajstić information content (AvgIpc) is 3.20. The van der Waals surface area contributed by atoms with Crippen LogP contribution in [0.4, 0.5) is 13.2 Å². The van der Waals surface area contributed by atoms with E-state index in [2.05, 4.69) is 10.2 Å². The highest BCUT2D eigenvalue weighted by Gasteiger charge is 2.46. The van der Waals surface area contributed by atoms with Gasteiger partial charge in [-0.2, -0.15) is 13.2 Å². The molecule has 0 saturated carbocycles. The Hall–Kier alpha value is -2.69. The number of rotatable bonds is 6. The zero-order valence-corrected chi connectivity index (χ0v) is 20.5. The van der Waals surface area contributed by atoms with Crippen LogP contribution in [0.2, 0.25) is 0 Å². The summed E-state index contributed by atoms with van der Waals surface area (Å²) in [6.07, 6.45) is 1.08. The van der Waals surface area contributed by atoms with Crippen LogP contribution in [-0.4, -0.2) is 70.9 Å². The molecule has 200 valence electrons. The van der Waals surface area contributed by atoms with E-state index in [1.165, 1.54) is 0 Å². The Labute approximate surface area is 213 Å². The first-order valence-corrected chi connectivity index (χ1v) is 12.8. The molecule has 0 aromatic heterocycles. The molecule has 2 N–H and O–H groups in total. The van der Waals surface area contributed by atoms with Crippen molar-refractivity contribution in [2.75, 3.05) is 19.6 Å². The molecule has 5 rings (SSSR count). The summed E-state index contributed by atoms with van der Waals surface area (Å²) >= 11 is 0. The lowest BCUT2D eigenvalue weighted by Gasteiger charge is -2.35. The van der Waals surface area contributed by atoms with Crippen LogP contribution in [0.15, 0.2) is 48.1 Å². The first kappa shape index (κ1) is 25.9. The van der Waals surface area contributed by atoms with E-state index < -0.39 is 24.4 Å². The molecule has 0 bridgehead atoms. The fourth-order valence-corrected chi connectivity index (χ4v) is 5.76. The molecule has 1 aromatic carbocycles. The number of fused-ring (bicyclic) bond motifs is 1. The molecular weight excluding hydrogens is 487 g/mol. The molecule has 1 aliphatic carbocycles. The number of ether oxygens (including phenoxy) is 1. The topological polar surface area (TPSA) is 82.1 Å². The number of piperidine rings is 2. The number of benzene rings is 1. The quantitative estimate of drug-likeness (QED) is 0.604. The fraction of sp³-hybridized carbons (Fsp3) is 0.556. The third-order valence-corrected chi connectivity index (χ3v) is 7.94. The maximum absolute atomic E-state index is 13.0. The molecule has 3 aliphatic heterocycles. The van der Waals surface area contributed by atoms with Crippen molar-refractivity contribution in [1.29, 1.82) is 0 Å². The standard InChI is InChI=1S/C27H32F3N3O4/c28-27(29,30)19-10-12-32(13-11-19)14-17-4-6-18(7-5-17)16-37-23-3-1-2-20-21(23)15-33(26(20)36)22-8-9-24(34)31-25(22)35/h1-7,19,21-23,25,35H,8-16H2,(H,31,34)/t21?,22-,23?,25?/m0/s1. The molecule has 3 heterocycles. The molecule has 1 aromatic rings. The molecule has 0 radical (unpaired) electrons. The second kappa shape index (κ2) is 10.6. The summed E-state index contributed by atoms with van der Waals surface area (Å²) in [4.78, 5) is 28.3. The molecule has 7 nitrogen and oxygen atoms in total. The molecular formula is C27H32F3N3O4. The highest BCUT2D eigenvalue weighted by molar-refractivity contribution is 5.97. The SMILES string of the molecule is O=C1CC[C@H](N2CC3C(=CC=CC3OCc3ccc(CN4CCC(C(F)(F)F)CC4)cc3)C2=O)C(O)N1. The van der Waals surface area contributed by atoms with Gasteiger partial charge >= 0.3 is 6.18 Å². The predicted molar refractivity (Wildman–Crippen MR) is 129 cm³/mol. The first-order chi connectivity index (χ1) is 17.7. The lowest BCUT2D eigenvalue weighted by molar-refractivity contribution is -0.185. The van der Waals surface area contributed by atoms with Gasteiger partial charge in [-0.05, 0) is 43.5 Å². The van der Waals surface area contributed by atoms with Gasteiger partial charge in [0, 0.05) is 31.0 Å². The van der Waals surface area contributed by atoms with Gasteiger partial charge in [0.2, 0.25) is 5.91 Å². The number of nitrogens with one attached hydrogen (secondary N) is 1. The van der Waals surface area contributed by atoms with Crippen LogP contribution in [0.25, 0.3) is 0 Å². The summed E-state index contributed by atoms with van der Waals surface area (Å²) < 4.78 is 44.9. The zero-order valence-electron chi connectivity index (χ0n) is 20.5. The highest BCUT2D eigenvalue weighted by Crippen LogP contribution is 2.36. The van der Waals surface area contributed by atoms with Gasteiger partial charge in [0.05, 0.1) is 24.7 Å². The Bertz CT molecular complexity index is 1060. The second-order valence-corrected chi connectivity index (χ2v) is 10.4. The van der Waals surface area contributed by atoms with Crippen molar-refractivity contribution in [1.82, 2.24) is 15.1 Å². The summed E-state index contributed by atoms with van der Waals surface area (Å²) in [5, 5.41) is 12.8. The minimum absolute atomic E-state index is 0.133. The van der Waals surface area contributed by atoms with Gasteiger partial charge in [-0.1, -0.05) is 42.5 Å². The number of carbonyl (C=O) groups is 2. The summed E-state index contributed by atoms with van der Waals surface area (Å²) in [6.45, 7) is 2.28. The lowest BCUT2D eigenvalue weighted by atomic mass is 9.91. The highest BCUT2D eigenvalue weighted by atomic mass is 19.4. The summed E-state index contributed by atoms with van der Waals surface area (Å²) in [5.41, 5.74) is 2.67. The Morgan fingerprint density at radius 3 is 2.43 bits per heavy atom. The number of carbonyl (C=O) groups excluding carboxylic acids is 2. The van der Waals surface area contributed by atoms with Crippen LogP contribution in [0.1, 0.15) is 36.8 Å². The van der Waals surface area contributed by atoms with Crippen LogP contribution in [0.3, 0.4) is 0 Å². The second-order valence-electron chi connectivity index (χ2n) is 10.4. The van der Waals surface area contributed by atoms with Gasteiger partial charge in [0.25, 0.3) is 5.91 Å². The largest absolute Gasteiger partial charge is 0.391 e. The van der Waals surface area contributed by atoms with Crippen molar-refractivity contribution in [3.63, 3.8) is 0 Å². The number of halogens is 3. The Kier molecular flexibility index (Phi) is 7.42. The van der Waals surface area contributed by atoms with Gasteiger partial charge in [0.1, 0.15) is 6.23 Å². The number of nitrogens with zero attached hydrogens (tertiary/aromatic N) is 2. The number of alkyl halides is 3. The molecule has 10 heteroatoms. The van der Waals surface area contributed by atoms with Gasteiger partial charge in [-0.15, -0.1) is 0 Å². The fourth-order valence-electron chi connectivity index (χ4n) is 5.76. The number of amides is 2. The first-order valence-electron chi connectivity index (χ1n) is 12.8. The van der Waals surface area contributed by atoms with E-state index in [1.54, 1.807) is 11.0 Å². The van der Waals surface area contributed by atoms with Crippen LogP contribution in [0.5, 0.6) is 0 Å². The lowest BCUT2D eigenvalue weighted by Crippen LogP contribution is -2.56. The molecule has 0 spiro atoms. The molecule has 2 amide bonds. The van der Waals surface area contributed by atoms with E-state index in [4.69, 9.17) is 4.74 Å². The Morgan fingerprint density at radius 2 is 1.76 bits per heavy atom. The van der Waals surface area contributed by atoms with Gasteiger partial charge in [-0.25, -0.2) is 0 Å². The molecule has 37 heavy (non-hydrogen) atoms. The summed E-state index contributed by atoms with van der Waals surface area (Å²) in [5.74, 6) is -1.69. The molecule has 4 atom stereocenters. The third kappa shape index (κ3) is 5.76. The zero-order chi connectivity index (χ0) is 26.2. The monoisotopic (exact) mass is 519 g/mol. The van der Waals surface area contributed by atoms with Crippen molar-refractivity contribution in [2.45, 2.75) is 63.4 Å². The molecule has 3 unspecified atom stereocenters. The van der Waals surface area contributed by atoms with E-state index >= 15 is 0 Å². The van der Waals surface area contributed by atoms with Crippen molar-refractivity contribution < 1.29 is 32.6 Å². The maximum Gasteiger partial charge on any atom is 0.391 e. The summed E-state index contributed by atoms with van der Waals surface area (Å²) in [6, 6.07) is 7.44. The van der Waals surface area contributed by atoms with E-state index in [0.29, 0.717) is 44.8 Å². The smallest absolute Gasteiger partial charge is 0.372 e. The minimum Gasteiger partial charge on any atom is -0.372 e. The van der Waals surface area contributed by atoms with Gasteiger partial charge in [-0.3, -0.25) is 14.5 Å². The van der Waals surface area contributed by atoms with Gasteiger partial charge in [0.15, 0.2) is 0 Å². The van der Waals surface area contributed by atoms with Gasteiger partial charge < -0.3 is 20.1 Å². The Balaban J connectivity index is 1.13. The number of allylic oxidation sites excluding steroid dienone is 2. The number of hydrogen-bond donors (Lipinski definition) is 2. The number of likely N-dealkylation sites (tertiary alicyclic amines) is 2. The van der Waals surface area contributed by atoms with Crippen LogP contribution >= 0.6 is 0 Å². The average molecular weight is 520 g/mol. The Morgan fingerprint density at radius 1 is 1.05 bits per heavy atom. The van der Waals surface area contributed by atoms with Crippen molar-refractivity contribution in [3.8, 4) is 0 Å². The summed E-state index contributed by atoms with van der Waals surface area (Å²) in [7, 11) is 0. The van der Waals surface area contributed by atoms with Crippen molar-refractivity contribution in [2.24, 2.45) is 11.8 Å². The van der Waals surface area contributed by atoms with Crippen LogP contribution in [-0.2, 0) is 27.5 Å². The number of aliphatic hydroxyl groups is 1. The molecule has 4 aliphatic rings. The maximum atomic E-state index is 13.0. The van der Waals surface area contributed by atoms with E-state index in [1.807, 2.05) is 36.4 Å². The van der Waals surface area contributed by atoms with Crippen molar-refractivity contribution >= 4 is 11.8 Å². The van der Waals surface area contributed by atoms with Crippen LogP contribution < -0.4 is 5.32 Å². The molecule has 3 saturated heterocycles. The molecule has 3 fully saturated rings. The van der Waals surface area contributed by atoms with Crippen molar-refractivity contribution in [3.05, 3.63) is 59.2 Å². The minimum atomic E-state index is -4.10. The number of hydrogen-bond acceptors (Lipinski definition) is 5. The predicted octanol–water partition coefficient (Wildman–Crippen LogP) is 2.90. The number of aliphatic hydroxyl groups excluding tert-OH is 1. The van der Waals surface area contributed by atoms with E-state index in [-0.39, 0.29) is 43.1 Å².